The summed E-state index contributed by atoms with van der Waals surface area (Å²) < 4.78 is 16.1. The lowest BCUT2D eigenvalue weighted by Crippen LogP contribution is -2.01. The smallest absolute Gasteiger partial charge is 0.161 e. The third kappa shape index (κ3) is 5.40. The van der Waals surface area contributed by atoms with Gasteiger partial charge in [-0.1, -0.05) is 12.1 Å². The number of aliphatic hydroxyl groups excluding tert-OH is 1. The number of benzene rings is 2. The third-order valence-corrected chi connectivity index (χ3v) is 4.40. The maximum absolute atomic E-state index is 9.04. The summed E-state index contributed by atoms with van der Waals surface area (Å²) in [6.45, 7) is 0.231. The van der Waals surface area contributed by atoms with Crippen molar-refractivity contribution < 1.29 is 19.3 Å². The molecule has 0 aliphatic heterocycles. The largest absolute Gasteiger partial charge is 0.497 e. The van der Waals surface area contributed by atoms with Crippen LogP contribution in [-0.2, 0) is 19.3 Å². The summed E-state index contributed by atoms with van der Waals surface area (Å²) in [5, 5.41) is 9.04. The van der Waals surface area contributed by atoms with Gasteiger partial charge >= 0.3 is 0 Å². The van der Waals surface area contributed by atoms with E-state index in [1.807, 2.05) is 12.1 Å². The highest BCUT2D eigenvalue weighted by molar-refractivity contribution is 5.48. The molecule has 0 unspecified atom stereocenters. The molecule has 0 radical (unpaired) electrons. The summed E-state index contributed by atoms with van der Waals surface area (Å²) in [5.74, 6) is 2.40. The Kier molecular flexibility index (Phi) is 7.61. The molecule has 0 saturated heterocycles. The zero-order valence-corrected chi connectivity index (χ0v) is 15.4. The van der Waals surface area contributed by atoms with Gasteiger partial charge in [-0.25, -0.2) is 0 Å². The number of hydrogen-bond acceptors (Lipinski definition) is 4. The van der Waals surface area contributed by atoms with Crippen LogP contribution < -0.4 is 14.2 Å². The second-order valence-corrected chi connectivity index (χ2v) is 6.00. The molecule has 136 valence electrons. The van der Waals surface area contributed by atoms with E-state index in [0.29, 0.717) is 0 Å². The van der Waals surface area contributed by atoms with E-state index < -0.39 is 0 Å². The number of methoxy groups -OCH3 is 3. The predicted molar refractivity (Wildman–Crippen MR) is 100.0 cm³/mol. The van der Waals surface area contributed by atoms with Gasteiger partial charge in [0.05, 0.1) is 21.3 Å². The van der Waals surface area contributed by atoms with Crippen LogP contribution in [0.4, 0.5) is 0 Å². The first-order chi connectivity index (χ1) is 12.2. The second kappa shape index (κ2) is 9.94. The molecule has 2 aromatic carbocycles. The summed E-state index contributed by atoms with van der Waals surface area (Å²) in [7, 11) is 5.00. The molecule has 0 fully saturated rings. The minimum absolute atomic E-state index is 0.231. The Morgan fingerprint density at radius 1 is 0.720 bits per heavy atom. The van der Waals surface area contributed by atoms with E-state index in [-0.39, 0.29) is 6.61 Å². The van der Waals surface area contributed by atoms with E-state index in [1.165, 1.54) is 16.7 Å². The fourth-order valence-corrected chi connectivity index (χ4v) is 2.93. The van der Waals surface area contributed by atoms with Gasteiger partial charge in [-0.05, 0) is 73.1 Å². The Labute approximate surface area is 150 Å². The highest BCUT2D eigenvalue weighted by Gasteiger charge is 2.11. The quantitative estimate of drug-likeness (QED) is 0.666. The zero-order chi connectivity index (χ0) is 18.1. The average Bonchev–Trinajstić information content (AvgIpc) is 2.67. The van der Waals surface area contributed by atoms with Crippen molar-refractivity contribution in [1.82, 2.24) is 0 Å². The van der Waals surface area contributed by atoms with Crippen LogP contribution >= 0.6 is 0 Å². The van der Waals surface area contributed by atoms with Crippen molar-refractivity contribution in [3.8, 4) is 17.2 Å². The normalized spacial score (nSPS) is 10.6. The lowest BCUT2D eigenvalue weighted by Gasteiger charge is -2.15. The van der Waals surface area contributed by atoms with Crippen LogP contribution in [0.25, 0.3) is 0 Å². The molecule has 4 nitrogen and oxygen atoms in total. The highest BCUT2D eigenvalue weighted by atomic mass is 16.5. The topological polar surface area (TPSA) is 47.9 Å². The molecule has 2 aromatic rings. The molecule has 2 rings (SSSR count). The van der Waals surface area contributed by atoms with Crippen molar-refractivity contribution in [2.24, 2.45) is 0 Å². The van der Waals surface area contributed by atoms with Crippen LogP contribution in [0.2, 0.25) is 0 Å². The number of aliphatic hydroxyl groups is 1. The Morgan fingerprint density at radius 3 is 1.84 bits per heavy atom. The fraction of sp³-hybridized carbons (Fsp3) is 0.429. The highest BCUT2D eigenvalue weighted by Crippen LogP contribution is 2.32. The van der Waals surface area contributed by atoms with Gasteiger partial charge < -0.3 is 19.3 Å². The predicted octanol–water partition coefficient (Wildman–Crippen LogP) is 3.81. The van der Waals surface area contributed by atoms with Crippen LogP contribution in [0.15, 0.2) is 36.4 Å². The van der Waals surface area contributed by atoms with E-state index in [4.69, 9.17) is 19.3 Å². The van der Waals surface area contributed by atoms with Gasteiger partial charge in [-0.2, -0.15) is 0 Å². The number of hydrogen-bond donors (Lipinski definition) is 1. The van der Waals surface area contributed by atoms with Crippen LogP contribution in [0.1, 0.15) is 29.5 Å². The summed E-state index contributed by atoms with van der Waals surface area (Å²) in [6.07, 6.45) is 4.58. The SMILES string of the molecule is COc1ccc(CCc2cc(OC)c(OC)cc2CCCCO)cc1. The average molecular weight is 344 g/mol. The number of unbranched alkanes of at least 4 members (excludes halogenated alkanes) is 1. The van der Waals surface area contributed by atoms with Crippen LogP contribution in [-0.4, -0.2) is 33.0 Å². The lowest BCUT2D eigenvalue weighted by molar-refractivity contribution is 0.284. The number of rotatable bonds is 10. The van der Waals surface area contributed by atoms with Crippen molar-refractivity contribution in [3.63, 3.8) is 0 Å². The van der Waals surface area contributed by atoms with E-state index in [0.717, 1.165) is 49.4 Å². The molecule has 0 aliphatic carbocycles. The van der Waals surface area contributed by atoms with Crippen molar-refractivity contribution in [3.05, 3.63) is 53.1 Å². The van der Waals surface area contributed by atoms with Gasteiger partial charge in [-0.15, -0.1) is 0 Å². The van der Waals surface area contributed by atoms with Gasteiger partial charge in [0.25, 0.3) is 0 Å². The molecular formula is C21H28O4. The fourth-order valence-electron chi connectivity index (χ4n) is 2.93. The van der Waals surface area contributed by atoms with E-state index >= 15 is 0 Å². The first-order valence-corrected chi connectivity index (χ1v) is 8.69. The van der Waals surface area contributed by atoms with Crippen molar-refractivity contribution in [1.29, 1.82) is 0 Å². The summed E-state index contributed by atoms with van der Waals surface area (Å²) >= 11 is 0. The number of aryl methyl sites for hydroxylation is 3. The van der Waals surface area contributed by atoms with Crippen molar-refractivity contribution in [2.45, 2.75) is 32.1 Å². The van der Waals surface area contributed by atoms with Gasteiger partial charge in [-0.3, -0.25) is 0 Å². The van der Waals surface area contributed by atoms with Crippen LogP contribution in [0.3, 0.4) is 0 Å². The zero-order valence-electron chi connectivity index (χ0n) is 15.4. The summed E-state index contributed by atoms with van der Waals surface area (Å²) in [5.41, 5.74) is 3.81. The second-order valence-electron chi connectivity index (χ2n) is 6.00. The van der Waals surface area contributed by atoms with E-state index in [9.17, 15) is 0 Å². The molecular weight excluding hydrogens is 316 g/mol. The minimum atomic E-state index is 0.231. The Morgan fingerprint density at radius 2 is 1.32 bits per heavy atom. The molecule has 4 heteroatoms. The standard InChI is InChI=1S/C21H28O4/c1-23-19-11-8-16(9-12-19)7-10-18-15-21(25-3)20(24-2)14-17(18)6-4-5-13-22/h8-9,11-12,14-15,22H,4-7,10,13H2,1-3H3. The third-order valence-electron chi connectivity index (χ3n) is 4.40. The first-order valence-electron chi connectivity index (χ1n) is 8.69. The van der Waals surface area contributed by atoms with Gasteiger partial charge in [0.2, 0.25) is 0 Å². The van der Waals surface area contributed by atoms with E-state index in [1.54, 1.807) is 21.3 Å². The summed E-state index contributed by atoms with van der Waals surface area (Å²) in [4.78, 5) is 0. The van der Waals surface area contributed by atoms with Crippen LogP contribution in [0, 0.1) is 0 Å². The van der Waals surface area contributed by atoms with Crippen molar-refractivity contribution >= 4 is 0 Å². The molecule has 0 aliphatic rings. The van der Waals surface area contributed by atoms with E-state index in [2.05, 4.69) is 24.3 Å². The minimum Gasteiger partial charge on any atom is -0.497 e. The molecule has 1 N–H and O–H groups in total. The molecule has 0 atom stereocenters. The molecule has 0 amide bonds. The van der Waals surface area contributed by atoms with Crippen LogP contribution in [0.5, 0.6) is 17.2 Å². The maximum Gasteiger partial charge on any atom is 0.161 e. The molecule has 0 aromatic heterocycles. The number of ether oxygens (including phenoxy) is 3. The Hall–Kier alpha value is -2.20. The molecule has 0 saturated carbocycles. The Balaban J connectivity index is 2.17. The maximum atomic E-state index is 9.04. The van der Waals surface area contributed by atoms with Gasteiger partial charge in [0, 0.05) is 6.61 Å². The molecule has 0 bridgehead atoms. The van der Waals surface area contributed by atoms with Crippen molar-refractivity contribution in [2.75, 3.05) is 27.9 Å². The van der Waals surface area contributed by atoms with Gasteiger partial charge in [0.1, 0.15) is 5.75 Å². The first kappa shape index (κ1) is 19.1. The Bertz CT molecular complexity index is 650. The molecule has 25 heavy (non-hydrogen) atoms. The lowest BCUT2D eigenvalue weighted by atomic mass is 9.95. The monoisotopic (exact) mass is 344 g/mol. The molecule has 0 heterocycles. The van der Waals surface area contributed by atoms with Gasteiger partial charge in [0.15, 0.2) is 11.5 Å². The molecule has 0 spiro atoms. The summed E-state index contributed by atoms with van der Waals surface area (Å²) in [6, 6.07) is 12.3.